The van der Waals surface area contributed by atoms with E-state index >= 15 is 0 Å². The number of carbonyl (C=O) groups is 2. The van der Waals surface area contributed by atoms with Gasteiger partial charge in [-0.15, -0.1) is 0 Å². The second-order valence-electron chi connectivity index (χ2n) is 8.88. The van der Waals surface area contributed by atoms with Gasteiger partial charge in [-0.3, -0.25) is 4.79 Å². The molecule has 0 unspecified atom stereocenters. The fourth-order valence-electron chi connectivity index (χ4n) is 3.70. The maximum atomic E-state index is 11.7. The zero-order chi connectivity index (χ0) is 23.1. The highest BCUT2D eigenvalue weighted by molar-refractivity contribution is 5.73. The first-order chi connectivity index (χ1) is 14.8. The molecule has 0 spiro atoms. The number of esters is 1. The predicted octanol–water partition coefficient (Wildman–Crippen LogP) is 6.95. The molecule has 1 aromatic carbocycles. The van der Waals surface area contributed by atoms with E-state index in [0.29, 0.717) is 23.8 Å². The van der Waals surface area contributed by atoms with Gasteiger partial charge in [0.15, 0.2) is 6.10 Å². The summed E-state index contributed by atoms with van der Waals surface area (Å²) in [5.41, 5.74) is 0.853. The summed E-state index contributed by atoms with van der Waals surface area (Å²) in [6.45, 7) is 7.76. The van der Waals surface area contributed by atoms with Crippen molar-refractivity contribution in [2.24, 2.45) is 5.92 Å². The SMILES string of the molecule is CCCCCCCCCCCC[C@H](Oc1ccc(OC(C)=O)c(CC(C)C)c1)C(=O)O. The lowest BCUT2D eigenvalue weighted by molar-refractivity contribution is -0.145. The van der Waals surface area contributed by atoms with Gasteiger partial charge >= 0.3 is 11.9 Å². The van der Waals surface area contributed by atoms with Crippen LogP contribution in [0.1, 0.15) is 104 Å². The Kier molecular flexibility index (Phi) is 13.7. The summed E-state index contributed by atoms with van der Waals surface area (Å²) in [5, 5.41) is 9.57. The first-order valence-corrected chi connectivity index (χ1v) is 12.0. The summed E-state index contributed by atoms with van der Waals surface area (Å²) in [7, 11) is 0. The van der Waals surface area contributed by atoms with E-state index in [2.05, 4.69) is 20.8 Å². The highest BCUT2D eigenvalue weighted by atomic mass is 16.5. The van der Waals surface area contributed by atoms with Gasteiger partial charge in [-0.25, -0.2) is 4.79 Å². The van der Waals surface area contributed by atoms with Crippen LogP contribution in [-0.2, 0) is 16.0 Å². The van der Waals surface area contributed by atoms with Crippen LogP contribution < -0.4 is 9.47 Å². The number of hydrogen-bond acceptors (Lipinski definition) is 4. The van der Waals surface area contributed by atoms with Crippen LogP contribution in [0.25, 0.3) is 0 Å². The summed E-state index contributed by atoms with van der Waals surface area (Å²) in [4.78, 5) is 23.0. The molecule has 0 amide bonds. The lowest BCUT2D eigenvalue weighted by Crippen LogP contribution is -2.27. The molecule has 31 heavy (non-hydrogen) atoms. The number of carboxylic acids is 1. The fourth-order valence-corrected chi connectivity index (χ4v) is 3.70. The van der Waals surface area contributed by atoms with E-state index in [9.17, 15) is 14.7 Å². The Hall–Kier alpha value is -2.04. The Morgan fingerprint density at radius 2 is 1.52 bits per heavy atom. The third kappa shape index (κ3) is 12.4. The minimum absolute atomic E-state index is 0.367. The first-order valence-electron chi connectivity index (χ1n) is 12.0. The third-order valence-electron chi connectivity index (χ3n) is 5.29. The van der Waals surface area contributed by atoms with Crippen LogP contribution in [-0.4, -0.2) is 23.1 Å². The number of carbonyl (C=O) groups excluding carboxylic acids is 1. The summed E-state index contributed by atoms with van der Waals surface area (Å²) in [5.74, 6) is 0.0704. The number of hydrogen-bond donors (Lipinski definition) is 1. The second-order valence-corrected chi connectivity index (χ2v) is 8.88. The van der Waals surface area contributed by atoms with Gasteiger partial charge in [-0.05, 0) is 48.9 Å². The lowest BCUT2D eigenvalue weighted by atomic mass is 10.0. The van der Waals surface area contributed by atoms with Crippen molar-refractivity contribution in [3.8, 4) is 11.5 Å². The van der Waals surface area contributed by atoms with Gasteiger partial charge < -0.3 is 14.6 Å². The molecule has 0 aliphatic heterocycles. The number of benzene rings is 1. The Balaban J connectivity index is 2.49. The van der Waals surface area contributed by atoms with Crippen molar-refractivity contribution in [1.82, 2.24) is 0 Å². The van der Waals surface area contributed by atoms with Gasteiger partial charge in [-0.2, -0.15) is 0 Å². The van der Waals surface area contributed by atoms with Crippen LogP contribution in [0.15, 0.2) is 18.2 Å². The molecule has 5 nitrogen and oxygen atoms in total. The first kappa shape index (κ1) is 27.0. The average molecular weight is 435 g/mol. The standard InChI is InChI=1S/C26H42O5/c1-5-6-7-8-9-10-11-12-13-14-15-25(26(28)29)31-23-16-17-24(30-21(4)27)22(19-23)18-20(2)3/h16-17,19-20,25H,5-15,18H2,1-4H3,(H,28,29)/t25-/m0/s1. The van der Waals surface area contributed by atoms with Crippen molar-refractivity contribution in [2.75, 3.05) is 0 Å². The van der Waals surface area contributed by atoms with E-state index in [-0.39, 0.29) is 5.97 Å². The maximum absolute atomic E-state index is 11.7. The Labute approximate surface area is 188 Å². The Morgan fingerprint density at radius 1 is 0.935 bits per heavy atom. The molecule has 1 aromatic rings. The molecule has 0 radical (unpaired) electrons. The van der Waals surface area contributed by atoms with Crippen LogP contribution in [0.2, 0.25) is 0 Å². The molecule has 1 rings (SSSR count). The van der Waals surface area contributed by atoms with Crippen molar-refractivity contribution >= 4 is 11.9 Å². The minimum atomic E-state index is -0.939. The van der Waals surface area contributed by atoms with E-state index in [4.69, 9.17) is 9.47 Å². The van der Waals surface area contributed by atoms with Gasteiger partial charge in [0.25, 0.3) is 0 Å². The predicted molar refractivity (Wildman–Crippen MR) is 125 cm³/mol. The lowest BCUT2D eigenvalue weighted by Gasteiger charge is -2.17. The molecule has 0 saturated heterocycles. The zero-order valence-corrected chi connectivity index (χ0v) is 20.0. The zero-order valence-electron chi connectivity index (χ0n) is 20.0. The topological polar surface area (TPSA) is 72.8 Å². The molecular formula is C26H42O5. The van der Waals surface area contributed by atoms with Gasteiger partial charge in [0, 0.05) is 6.92 Å². The number of carboxylic acid groups (broad SMARTS) is 1. The summed E-state index contributed by atoms with van der Waals surface area (Å²) >= 11 is 0. The van der Waals surface area contributed by atoms with Gasteiger partial charge in [-0.1, -0.05) is 78.6 Å². The van der Waals surface area contributed by atoms with Crippen molar-refractivity contribution in [1.29, 1.82) is 0 Å². The van der Waals surface area contributed by atoms with Crippen molar-refractivity contribution in [3.63, 3.8) is 0 Å². The molecule has 0 saturated carbocycles. The molecule has 0 heterocycles. The van der Waals surface area contributed by atoms with Crippen LogP contribution in [0, 0.1) is 5.92 Å². The molecule has 1 atom stereocenters. The normalized spacial score (nSPS) is 12.0. The number of ether oxygens (including phenoxy) is 2. The highest BCUT2D eigenvalue weighted by Crippen LogP contribution is 2.28. The van der Waals surface area contributed by atoms with E-state index in [0.717, 1.165) is 31.2 Å². The van der Waals surface area contributed by atoms with Crippen LogP contribution in [0.4, 0.5) is 0 Å². The van der Waals surface area contributed by atoms with Crippen molar-refractivity contribution < 1.29 is 24.2 Å². The summed E-state index contributed by atoms with van der Waals surface area (Å²) in [6, 6.07) is 5.16. The quantitative estimate of drug-likeness (QED) is 0.163. The average Bonchev–Trinajstić information content (AvgIpc) is 2.69. The van der Waals surface area contributed by atoms with E-state index < -0.39 is 12.1 Å². The molecule has 0 bridgehead atoms. The molecule has 0 fully saturated rings. The molecule has 0 aliphatic rings. The molecular weight excluding hydrogens is 392 g/mol. The summed E-state index contributed by atoms with van der Waals surface area (Å²) < 4.78 is 11.1. The Bertz CT molecular complexity index is 653. The molecule has 0 aromatic heterocycles. The molecule has 5 heteroatoms. The fraction of sp³-hybridized carbons (Fsp3) is 0.692. The van der Waals surface area contributed by atoms with Gasteiger partial charge in [0.1, 0.15) is 11.5 Å². The molecule has 176 valence electrons. The van der Waals surface area contributed by atoms with Gasteiger partial charge in [0.05, 0.1) is 0 Å². The smallest absolute Gasteiger partial charge is 0.344 e. The third-order valence-corrected chi connectivity index (χ3v) is 5.29. The van der Waals surface area contributed by atoms with E-state index in [1.165, 1.54) is 51.9 Å². The molecule has 0 aliphatic carbocycles. The van der Waals surface area contributed by atoms with Crippen molar-refractivity contribution in [2.45, 2.75) is 111 Å². The number of aliphatic carboxylic acids is 1. The van der Waals surface area contributed by atoms with Gasteiger partial charge in [0.2, 0.25) is 0 Å². The maximum Gasteiger partial charge on any atom is 0.344 e. The van der Waals surface area contributed by atoms with Crippen LogP contribution >= 0.6 is 0 Å². The van der Waals surface area contributed by atoms with E-state index in [1.807, 2.05) is 0 Å². The second kappa shape index (κ2) is 15.7. The number of rotatable bonds is 17. The summed E-state index contributed by atoms with van der Waals surface area (Å²) in [6.07, 6.45) is 12.5. The van der Waals surface area contributed by atoms with Crippen molar-refractivity contribution in [3.05, 3.63) is 23.8 Å². The van der Waals surface area contributed by atoms with Crippen LogP contribution in [0.5, 0.6) is 11.5 Å². The Morgan fingerprint density at radius 3 is 2.03 bits per heavy atom. The largest absolute Gasteiger partial charge is 0.479 e. The number of unbranched alkanes of at least 4 members (excludes halogenated alkanes) is 9. The minimum Gasteiger partial charge on any atom is -0.479 e. The monoisotopic (exact) mass is 434 g/mol. The van der Waals surface area contributed by atoms with Crippen LogP contribution in [0.3, 0.4) is 0 Å². The molecule has 1 N–H and O–H groups in total. The highest BCUT2D eigenvalue weighted by Gasteiger charge is 2.20. The van der Waals surface area contributed by atoms with E-state index in [1.54, 1.807) is 18.2 Å².